The predicted octanol–water partition coefficient (Wildman–Crippen LogP) is 2.46. The average molecular weight is 320 g/mol. The number of nitrogens with one attached hydrogen (secondary N) is 1. The van der Waals surface area contributed by atoms with Crippen LogP contribution in [0.25, 0.3) is 0 Å². The zero-order valence-corrected chi connectivity index (χ0v) is 14.3. The van der Waals surface area contributed by atoms with Crippen LogP contribution in [0.4, 0.5) is 0 Å². The molecule has 0 unspecified atom stereocenters. The van der Waals surface area contributed by atoms with Crippen molar-refractivity contribution in [2.24, 2.45) is 5.92 Å². The molecule has 1 aromatic heterocycles. The van der Waals surface area contributed by atoms with Gasteiger partial charge in [-0.3, -0.25) is 9.69 Å². The lowest BCUT2D eigenvalue weighted by atomic mass is 9.98. The zero-order chi connectivity index (χ0) is 16.2. The summed E-state index contributed by atoms with van der Waals surface area (Å²) in [6.45, 7) is 6.37. The average Bonchev–Trinajstić information content (AvgIpc) is 3.21. The second-order valence-electron chi connectivity index (χ2n) is 7.08. The van der Waals surface area contributed by atoms with Crippen LogP contribution in [0.3, 0.4) is 0 Å². The number of amides is 1. The van der Waals surface area contributed by atoms with Gasteiger partial charge in [-0.2, -0.15) is 4.98 Å². The van der Waals surface area contributed by atoms with Gasteiger partial charge in [-0.1, -0.05) is 31.3 Å². The summed E-state index contributed by atoms with van der Waals surface area (Å²) in [5, 5.41) is 7.26. The number of likely N-dealkylation sites (tertiary alicyclic amines) is 1. The van der Waals surface area contributed by atoms with Crippen molar-refractivity contribution in [3.63, 3.8) is 0 Å². The maximum Gasteiger partial charge on any atom is 0.229 e. The largest absolute Gasteiger partial charge is 0.352 e. The van der Waals surface area contributed by atoms with Crippen molar-refractivity contribution in [1.29, 1.82) is 0 Å². The fraction of sp³-hybridized carbons (Fsp3) is 0.824. The molecule has 6 nitrogen and oxygen atoms in total. The highest BCUT2D eigenvalue weighted by Gasteiger charge is 2.33. The van der Waals surface area contributed by atoms with Gasteiger partial charge in [0.2, 0.25) is 11.8 Å². The van der Waals surface area contributed by atoms with Crippen molar-refractivity contribution in [2.45, 2.75) is 70.9 Å². The molecule has 1 aliphatic heterocycles. The summed E-state index contributed by atoms with van der Waals surface area (Å²) in [6, 6.07) is 0.244. The van der Waals surface area contributed by atoms with E-state index in [4.69, 9.17) is 4.52 Å². The molecule has 0 spiro atoms. The molecular formula is C17H28N4O2. The molecule has 0 bridgehead atoms. The minimum atomic E-state index is 0.0565. The van der Waals surface area contributed by atoms with E-state index in [1.165, 1.54) is 25.7 Å². The summed E-state index contributed by atoms with van der Waals surface area (Å²) in [4.78, 5) is 18.3. The Hall–Kier alpha value is -1.43. The van der Waals surface area contributed by atoms with Crippen molar-refractivity contribution in [3.8, 4) is 0 Å². The standard InChI is InChI=1S/C17H28N4O2/c1-3-6-14-9-21(10-15(14)18-12(2)22)11-16-19-17(23-20-16)13-7-4-5-8-13/h13-15H,3-11H2,1-2H3,(H,18,22)/t14-,15-/m1/s1. The summed E-state index contributed by atoms with van der Waals surface area (Å²) in [5.74, 6) is 2.65. The molecule has 1 aromatic rings. The van der Waals surface area contributed by atoms with Gasteiger partial charge in [0.25, 0.3) is 0 Å². The monoisotopic (exact) mass is 320 g/mol. The van der Waals surface area contributed by atoms with Gasteiger partial charge in [-0.05, 0) is 25.2 Å². The van der Waals surface area contributed by atoms with Crippen molar-refractivity contribution >= 4 is 5.91 Å². The Morgan fingerprint density at radius 3 is 2.83 bits per heavy atom. The Kier molecular flexibility index (Phi) is 5.30. The molecule has 1 aliphatic carbocycles. The third-order valence-corrected chi connectivity index (χ3v) is 5.12. The minimum absolute atomic E-state index is 0.0565. The van der Waals surface area contributed by atoms with Gasteiger partial charge in [-0.25, -0.2) is 0 Å². The van der Waals surface area contributed by atoms with Crippen molar-refractivity contribution in [2.75, 3.05) is 13.1 Å². The molecule has 1 N–H and O–H groups in total. The lowest BCUT2D eigenvalue weighted by molar-refractivity contribution is -0.119. The number of aromatic nitrogens is 2. The molecule has 2 atom stereocenters. The van der Waals surface area contributed by atoms with E-state index in [2.05, 4.69) is 27.3 Å². The maximum absolute atomic E-state index is 11.4. The third-order valence-electron chi connectivity index (χ3n) is 5.12. The first-order valence-corrected chi connectivity index (χ1v) is 8.97. The predicted molar refractivity (Wildman–Crippen MR) is 86.8 cm³/mol. The highest BCUT2D eigenvalue weighted by molar-refractivity contribution is 5.73. The first-order chi connectivity index (χ1) is 11.2. The Balaban J connectivity index is 1.58. The Morgan fingerprint density at radius 1 is 1.35 bits per heavy atom. The number of hydrogen-bond donors (Lipinski definition) is 1. The number of rotatable bonds is 6. The molecule has 2 fully saturated rings. The van der Waals surface area contributed by atoms with Crippen molar-refractivity contribution in [3.05, 3.63) is 11.7 Å². The second kappa shape index (κ2) is 7.43. The van der Waals surface area contributed by atoms with E-state index in [0.29, 0.717) is 18.4 Å². The smallest absolute Gasteiger partial charge is 0.229 e. The molecule has 0 radical (unpaired) electrons. The van der Waals surface area contributed by atoms with Gasteiger partial charge >= 0.3 is 0 Å². The Morgan fingerprint density at radius 2 is 2.13 bits per heavy atom. The summed E-state index contributed by atoms with van der Waals surface area (Å²) in [6.07, 6.45) is 7.17. The summed E-state index contributed by atoms with van der Waals surface area (Å²) in [5.41, 5.74) is 0. The highest BCUT2D eigenvalue weighted by Crippen LogP contribution is 2.33. The molecular weight excluding hydrogens is 292 g/mol. The van der Waals surface area contributed by atoms with Crippen LogP contribution < -0.4 is 5.32 Å². The SMILES string of the molecule is CCC[C@@H]1CN(Cc2noc(C3CCCC3)n2)C[C@H]1NC(C)=O. The van der Waals surface area contributed by atoms with E-state index in [0.717, 1.165) is 37.6 Å². The minimum Gasteiger partial charge on any atom is -0.352 e. The van der Waals surface area contributed by atoms with E-state index in [-0.39, 0.29) is 11.9 Å². The molecule has 23 heavy (non-hydrogen) atoms. The van der Waals surface area contributed by atoms with Crippen LogP contribution in [0, 0.1) is 5.92 Å². The fourth-order valence-corrected chi connectivity index (χ4v) is 4.05. The van der Waals surface area contributed by atoms with Gasteiger partial charge in [0.15, 0.2) is 5.82 Å². The highest BCUT2D eigenvalue weighted by atomic mass is 16.5. The normalized spacial score (nSPS) is 26.0. The molecule has 1 saturated carbocycles. The van der Waals surface area contributed by atoms with Gasteiger partial charge in [0.1, 0.15) is 0 Å². The molecule has 2 heterocycles. The third kappa shape index (κ3) is 4.10. The summed E-state index contributed by atoms with van der Waals surface area (Å²) >= 11 is 0. The summed E-state index contributed by atoms with van der Waals surface area (Å²) < 4.78 is 5.47. The van der Waals surface area contributed by atoms with Crippen LogP contribution >= 0.6 is 0 Å². The lowest BCUT2D eigenvalue weighted by Gasteiger charge is -2.18. The van der Waals surface area contributed by atoms with E-state index >= 15 is 0 Å². The maximum atomic E-state index is 11.4. The van der Waals surface area contributed by atoms with E-state index < -0.39 is 0 Å². The first kappa shape index (κ1) is 16.4. The van der Waals surface area contributed by atoms with Crippen LogP contribution in [0.1, 0.15) is 70.0 Å². The number of hydrogen-bond acceptors (Lipinski definition) is 5. The second-order valence-corrected chi connectivity index (χ2v) is 7.08. The quantitative estimate of drug-likeness (QED) is 0.872. The van der Waals surface area contributed by atoms with Gasteiger partial charge < -0.3 is 9.84 Å². The molecule has 1 amide bonds. The van der Waals surface area contributed by atoms with E-state index in [1.807, 2.05) is 0 Å². The summed E-state index contributed by atoms with van der Waals surface area (Å²) in [7, 11) is 0. The van der Waals surface area contributed by atoms with Crippen LogP contribution in [0.15, 0.2) is 4.52 Å². The Bertz CT molecular complexity index is 524. The number of carbonyl (C=O) groups excluding carboxylic acids is 1. The van der Waals surface area contributed by atoms with Crippen LogP contribution in [-0.4, -0.2) is 40.1 Å². The number of carbonyl (C=O) groups is 1. The van der Waals surface area contributed by atoms with Crippen molar-refractivity contribution < 1.29 is 9.32 Å². The topological polar surface area (TPSA) is 71.3 Å². The van der Waals surface area contributed by atoms with E-state index in [1.54, 1.807) is 6.92 Å². The van der Waals surface area contributed by atoms with Crippen LogP contribution in [-0.2, 0) is 11.3 Å². The first-order valence-electron chi connectivity index (χ1n) is 8.97. The molecule has 2 aliphatic rings. The van der Waals surface area contributed by atoms with Gasteiger partial charge in [-0.15, -0.1) is 0 Å². The van der Waals surface area contributed by atoms with E-state index in [9.17, 15) is 4.79 Å². The van der Waals surface area contributed by atoms with Crippen LogP contribution in [0.5, 0.6) is 0 Å². The number of nitrogens with zero attached hydrogens (tertiary/aromatic N) is 3. The molecule has 128 valence electrons. The van der Waals surface area contributed by atoms with Crippen LogP contribution in [0.2, 0.25) is 0 Å². The molecule has 6 heteroatoms. The Labute approximate surface area is 138 Å². The van der Waals surface area contributed by atoms with Gasteiger partial charge in [0.05, 0.1) is 6.54 Å². The molecule has 0 aromatic carbocycles. The lowest BCUT2D eigenvalue weighted by Crippen LogP contribution is -2.39. The molecule has 3 rings (SSSR count). The zero-order valence-electron chi connectivity index (χ0n) is 14.3. The molecule has 1 saturated heterocycles. The fourth-order valence-electron chi connectivity index (χ4n) is 4.05. The van der Waals surface area contributed by atoms with Gasteiger partial charge in [0, 0.05) is 32.0 Å². The van der Waals surface area contributed by atoms with Crippen molar-refractivity contribution in [1.82, 2.24) is 20.4 Å².